The van der Waals surface area contributed by atoms with Crippen molar-refractivity contribution in [2.24, 2.45) is 0 Å². The minimum absolute atomic E-state index is 0.372. The van der Waals surface area contributed by atoms with Crippen LogP contribution in [0.5, 0.6) is 0 Å². The van der Waals surface area contributed by atoms with Crippen molar-refractivity contribution in [1.82, 2.24) is 0 Å². The second-order valence-electron chi connectivity index (χ2n) is 3.20. The van der Waals surface area contributed by atoms with Gasteiger partial charge in [0.2, 0.25) is 0 Å². The SMILES string of the molecule is COC(=O)c1ccc(CC(Br)C(=O)O)cc1. The van der Waals surface area contributed by atoms with Crippen molar-refractivity contribution in [3.05, 3.63) is 35.4 Å². The van der Waals surface area contributed by atoms with Crippen molar-refractivity contribution in [2.75, 3.05) is 7.11 Å². The van der Waals surface area contributed by atoms with E-state index in [9.17, 15) is 9.59 Å². The maximum absolute atomic E-state index is 11.1. The molecule has 86 valence electrons. The Balaban J connectivity index is 2.72. The zero-order chi connectivity index (χ0) is 12.1. The van der Waals surface area contributed by atoms with Gasteiger partial charge in [0, 0.05) is 0 Å². The van der Waals surface area contributed by atoms with Gasteiger partial charge in [0.05, 0.1) is 12.7 Å². The molecule has 0 aliphatic carbocycles. The molecule has 0 radical (unpaired) electrons. The van der Waals surface area contributed by atoms with Crippen LogP contribution in [0.3, 0.4) is 0 Å². The van der Waals surface area contributed by atoms with Gasteiger partial charge in [-0.05, 0) is 24.1 Å². The molecule has 5 heteroatoms. The van der Waals surface area contributed by atoms with Crippen LogP contribution in [0.4, 0.5) is 0 Å². The topological polar surface area (TPSA) is 63.6 Å². The molecule has 0 fully saturated rings. The predicted octanol–water partition coefficient (Wildman–Crippen LogP) is 1.86. The first kappa shape index (κ1) is 12.7. The smallest absolute Gasteiger partial charge is 0.337 e. The highest BCUT2D eigenvalue weighted by atomic mass is 79.9. The van der Waals surface area contributed by atoms with E-state index in [1.54, 1.807) is 24.3 Å². The van der Waals surface area contributed by atoms with Crippen molar-refractivity contribution >= 4 is 27.9 Å². The normalized spacial score (nSPS) is 11.9. The van der Waals surface area contributed by atoms with Gasteiger partial charge in [-0.15, -0.1) is 0 Å². The molecular formula is C11H11BrO4. The third-order valence-electron chi connectivity index (χ3n) is 2.06. The second-order valence-corrected chi connectivity index (χ2v) is 4.30. The monoisotopic (exact) mass is 286 g/mol. The minimum Gasteiger partial charge on any atom is -0.480 e. The van der Waals surface area contributed by atoms with E-state index in [0.29, 0.717) is 12.0 Å². The fourth-order valence-electron chi connectivity index (χ4n) is 1.19. The van der Waals surface area contributed by atoms with E-state index in [2.05, 4.69) is 20.7 Å². The number of hydrogen-bond acceptors (Lipinski definition) is 3. The van der Waals surface area contributed by atoms with E-state index in [-0.39, 0.29) is 0 Å². The largest absolute Gasteiger partial charge is 0.480 e. The molecule has 0 aliphatic heterocycles. The Morgan fingerprint density at radius 2 is 1.94 bits per heavy atom. The molecule has 1 unspecified atom stereocenters. The molecule has 0 amide bonds. The molecule has 0 spiro atoms. The van der Waals surface area contributed by atoms with Gasteiger partial charge in [0.25, 0.3) is 0 Å². The molecule has 1 atom stereocenters. The lowest BCUT2D eigenvalue weighted by Gasteiger charge is -2.05. The van der Waals surface area contributed by atoms with Crippen LogP contribution >= 0.6 is 15.9 Å². The van der Waals surface area contributed by atoms with Gasteiger partial charge < -0.3 is 9.84 Å². The molecule has 0 aliphatic rings. The summed E-state index contributed by atoms with van der Waals surface area (Å²) < 4.78 is 4.55. The number of methoxy groups -OCH3 is 1. The third kappa shape index (κ3) is 3.34. The van der Waals surface area contributed by atoms with Gasteiger partial charge in [-0.3, -0.25) is 4.79 Å². The summed E-state index contributed by atoms with van der Waals surface area (Å²) in [5.41, 5.74) is 1.30. The molecule has 0 saturated heterocycles. The number of aliphatic carboxylic acids is 1. The van der Waals surface area contributed by atoms with Crippen molar-refractivity contribution in [3.8, 4) is 0 Å². The highest BCUT2D eigenvalue weighted by molar-refractivity contribution is 9.10. The highest BCUT2D eigenvalue weighted by Gasteiger charge is 2.13. The van der Waals surface area contributed by atoms with E-state index >= 15 is 0 Å². The Kier molecular flexibility index (Phi) is 4.49. The molecule has 1 aromatic rings. The lowest BCUT2D eigenvalue weighted by molar-refractivity contribution is -0.136. The van der Waals surface area contributed by atoms with Crippen LogP contribution in [0.25, 0.3) is 0 Å². The number of esters is 1. The Labute approximate surface area is 101 Å². The average molecular weight is 287 g/mol. The predicted molar refractivity (Wildman–Crippen MR) is 61.8 cm³/mol. The summed E-state index contributed by atoms with van der Waals surface area (Å²) in [5.74, 6) is -1.31. The summed E-state index contributed by atoms with van der Waals surface area (Å²) in [7, 11) is 1.31. The lowest BCUT2D eigenvalue weighted by Crippen LogP contribution is -2.15. The van der Waals surface area contributed by atoms with Crippen LogP contribution in [-0.4, -0.2) is 29.0 Å². The fourth-order valence-corrected chi connectivity index (χ4v) is 1.56. The zero-order valence-corrected chi connectivity index (χ0v) is 10.2. The van der Waals surface area contributed by atoms with Crippen molar-refractivity contribution in [2.45, 2.75) is 11.2 Å². The number of hydrogen-bond donors (Lipinski definition) is 1. The summed E-state index contributed by atoms with van der Waals surface area (Å²) in [5, 5.41) is 8.70. The summed E-state index contributed by atoms with van der Waals surface area (Å²) in [6, 6.07) is 6.65. The first-order valence-corrected chi connectivity index (χ1v) is 5.50. The molecule has 0 saturated carbocycles. The van der Waals surface area contributed by atoms with Gasteiger partial charge in [-0.2, -0.15) is 0 Å². The Bertz CT molecular complexity index is 385. The summed E-state index contributed by atoms with van der Waals surface area (Å²) in [6.07, 6.45) is 0.372. The van der Waals surface area contributed by atoms with Gasteiger partial charge in [0.1, 0.15) is 4.83 Å². The van der Waals surface area contributed by atoms with Crippen LogP contribution in [0, 0.1) is 0 Å². The van der Waals surface area contributed by atoms with Gasteiger partial charge in [0.15, 0.2) is 0 Å². The number of carbonyl (C=O) groups is 2. The lowest BCUT2D eigenvalue weighted by atomic mass is 10.1. The van der Waals surface area contributed by atoms with Crippen LogP contribution in [0.2, 0.25) is 0 Å². The first-order chi connectivity index (χ1) is 7.54. The molecular weight excluding hydrogens is 276 g/mol. The molecule has 0 bridgehead atoms. The van der Waals surface area contributed by atoms with Crippen LogP contribution in [-0.2, 0) is 16.0 Å². The zero-order valence-electron chi connectivity index (χ0n) is 8.64. The average Bonchev–Trinajstić information content (AvgIpc) is 2.28. The summed E-state index contributed by atoms with van der Waals surface area (Å²) in [6.45, 7) is 0. The van der Waals surface area contributed by atoms with Gasteiger partial charge >= 0.3 is 11.9 Å². The minimum atomic E-state index is -0.906. The first-order valence-electron chi connectivity index (χ1n) is 4.58. The number of ether oxygens (including phenoxy) is 1. The van der Waals surface area contributed by atoms with E-state index in [4.69, 9.17) is 5.11 Å². The van der Waals surface area contributed by atoms with Gasteiger partial charge in [-0.1, -0.05) is 28.1 Å². The third-order valence-corrected chi connectivity index (χ3v) is 2.77. The van der Waals surface area contributed by atoms with Crippen LogP contribution in [0.1, 0.15) is 15.9 Å². The number of rotatable bonds is 4. The molecule has 16 heavy (non-hydrogen) atoms. The quantitative estimate of drug-likeness (QED) is 0.678. The fraction of sp³-hybridized carbons (Fsp3) is 0.273. The Hall–Kier alpha value is -1.36. The molecule has 1 rings (SSSR count). The maximum atomic E-state index is 11.1. The van der Waals surface area contributed by atoms with Gasteiger partial charge in [-0.25, -0.2) is 4.79 Å². The van der Waals surface area contributed by atoms with Crippen molar-refractivity contribution < 1.29 is 19.4 Å². The van der Waals surface area contributed by atoms with Crippen LogP contribution in [0.15, 0.2) is 24.3 Å². The second kappa shape index (κ2) is 5.65. The number of carboxylic acid groups (broad SMARTS) is 1. The van der Waals surface area contributed by atoms with E-state index < -0.39 is 16.8 Å². The van der Waals surface area contributed by atoms with Crippen molar-refractivity contribution in [1.29, 1.82) is 0 Å². The van der Waals surface area contributed by atoms with E-state index in [0.717, 1.165) is 5.56 Å². The number of carboxylic acids is 1. The Morgan fingerprint density at radius 1 is 1.38 bits per heavy atom. The number of benzene rings is 1. The molecule has 1 aromatic carbocycles. The number of halogens is 1. The van der Waals surface area contributed by atoms with E-state index in [1.807, 2.05) is 0 Å². The maximum Gasteiger partial charge on any atom is 0.337 e. The summed E-state index contributed by atoms with van der Waals surface area (Å²) in [4.78, 5) is 21.1. The van der Waals surface area contributed by atoms with E-state index in [1.165, 1.54) is 7.11 Å². The Morgan fingerprint density at radius 3 is 2.38 bits per heavy atom. The van der Waals surface area contributed by atoms with Crippen molar-refractivity contribution in [3.63, 3.8) is 0 Å². The molecule has 4 nitrogen and oxygen atoms in total. The number of carbonyl (C=O) groups excluding carboxylic acids is 1. The summed E-state index contributed by atoms with van der Waals surface area (Å²) >= 11 is 3.05. The number of alkyl halides is 1. The van der Waals surface area contributed by atoms with Crippen LogP contribution < -0.4 is 0 Å². The molecule has 1 N–H and O–H groups in total. The molecule has 0 aromatic heterocycles. The highest BCUT2D eigenvalue weighted by Crippen LogP contribution is 2.12. The standard InChI is InChI=1S/C11H11BrO4/c1-16-11(15)8-4-2-7(3-5-8)6-9(12)10(13)14/h2-5,9H,6H2,1H3,(H,13,14). The molecule has 0 heterocycles.